The second kappa shape index (κ2) is 9.91. The number of ether oxygens (including phenoxy) is 1. The zero-order valence-corrected chi connectivity index (χ0v) is 19.3. The first kappa shape index (κ1) is 22.7. The van der Waals surface area contributed by atoms with Crippen LogP contribution in [0, 0.1) is 13.8 Å². The fourth-order valence-corrected chi connectivity index (χ4v) is 3.63. The van der Waals surface area contributed by atoms with E-state index in [-0.39, 0.29) is 25.0 Å². The summed E-state index contributed by atoms with van der Waals surface area (Å²) in [5.41, 5.74) is 3.24. The van der Waals surface area contributed by atoms with Gasteiger partial charge in [-0.25, -0.2) is 9.50 Å². The van der Waals surface area contributed by atoms with Crippen LogP contribution in [0.15, 0.2) is 35.5 Å². The van der Waals surface area contributed by atoms with Crippen molar-refractivity contribution in [2.75, 3.05) is 12.9 Å². The molecule has 1 aromatic carbocycles. The summed E-state index contributed by atoms with van der Waals surface area (Å²) < 4.78 is 6.95. The van der Waals surface area contributed by atoms with E-state index in [1.54, 1.807) is 9.42 Å². The van der Waals surface area contributed by atoms with Gasteiger partial charge < -0.3 is 9.64 Å². The molecule has 0 aliphatic heterocycles. The molecule has 3 aromatic rings. The summed E-state index contributed by atoms with van der Waals surface area (Å²) >= 11 is 1.43. The summed E-state index contributed by atoms with van der Waals surface area (Å²) in [6.45, 7) is 7.76. The van der Waals surface area contributed by atoms with Gasteiger partial charge in [-0.05, 0) is 39.5 Å². The van der Waals surface area contributed by atoms with Crippen LogP contribution in [-0.2, 0) is 27.3 Å². The Kier molecular flexibility index (Phi) is 7.27. The van der Waals surface area contributed by atoms with Crippen molar-refractivity contribution in [1.29, 1.82) is 0 Å². The number of aryl methyl sites for hydroxylation is 2. The molecule has 1 amide bonds. The van der Waals surface area contributed by atoms with Crippen LogP contribution >= 0.6 is 11.8 Å². The van der Waals surface area contributed by atoms with Crippen molar-refractivity contribution in [3.05, 3.63) is 52.8 Å². The van der Waals surface area contributed by atoms with Gasteiger partial charge in [0.15, 0.2) is 6.61 Å². The lowest BCUT2D eigenvalue weighted by molar-refractivity contribution is -0.152. The first-order valence-electron chi connectivity index (χ1n) is 10.1. The summed E-state index contributed by atoms with van der Waals surface area (Å²) in [5.74, 6) is -0.204. The van der Waals surface area contributed by atoms with Crippen LogP contribution in [0.5, 0.6) is 0 Å². The normalized spacial score (nSPS) is 11.2. The van der Waals surface area contributed by atoms with Crippen molar-refractivity contribution in [2.45, 2.75) is 51.9 Å². The maximum Gasteiger partial charge on any atom is 0.310 e. The Hall–Kier alpha value is -2.94. The zero-order chi connectivity index (χ0) is 22.5. The van der Waals surface area contributed by atoms with Gasteiger partial charge in [0.05, 0.1) is 6.42 Å². The number of esters is 1. The molecule has 0 atom stereocenters. The summed E-state index contributed by atoms with van der Waals surface area (Å²) in [7, 11) is 0. The zero-order valence-electron chi connectivity index (χ0n) is 18.5. The largest absolute Gasteiger partial charge is 0.455 e. The number of rotatable bonds is 8. The molecular formula is C22H27N5O3S. The van der Waals surface area contributed by atoms with Crippen LogP contribution in [0.25, 0.3) is 5.78 Å². The fraction of sp³-hybridized carbons (Fsp3) is 0.409. The molecule has 0 aliphatic rings. The van der Waals surface area contributed by atoms with Crippen molar-refractivity contribution in [2.24, 2.45) is 0 Å². The molecule has 31 heavy (non-hydrogen) atoms. The minimum Gasteiger partial charge on any atom is -0.455 e. The first-order chi connectivity index (χ1) is 14.8. The summed E-state index contributed by atoms with van der Waals surface area (Å²) in [5, 5.41) is 5.01. The lowest BCUT2D eigenvalue weighted by Gasteiger charge is -2.26. The van der Waals surface area contributed by atoms with Gasteiger partial charge in [0.25, 0.3) is 11.7 Å². The van der Waals surface area contributed by atoms with Gasteiger partial charge in [0.2, 0.25) is 5.16 Å². The molecule has 0 unspecified atom stereocenters. The fourth-order valence-electron chi connectivity index (χ4n) is 3.29. The summed E-state index contributed by atoms with van der Waals surface area (Å²) in [6, 6.07) is 9.73. The van der Waals surface area contributed by atoms with E-state index in [2.05, 4.69) is 15.1 Å². The molecule has 3 rings (SSSR count). The molecule has 0 spiro atoms. The number of thioether (sulfide) groups is 1. The van der Waals surface area contributed by atoms with E-state index in [0.717, 1.165) is 16.8 Å². The van der Waals surface area contributed by atoms with E-state index in [9.17, 15) is 9.59 Å². The number of benzene rings is 1. The highest BCUT2D eigenvalue weighted by Crippen LogP contribution is 2.17. The Labute approximate surface area is 186 Å². The van der Waals surface area contributed by atoms with E-state index in [0.29, 0.717) is 23.2 Å². The number of hydrogen-bond donors (Lipinski definition) is 0. The van der Waals surface area contributed by atoms with E-state index in [1.807, 2.05) is 64.3 Å². The molecule has 9 heteroatoms. The van der Waals surface area contributed by atoms with Crippen LogP contribution in [-0.4, -0.2) is 55.3 Å². The predicted molar refractivity (Wildman–Crippen MR) is 119 cm³/mol. The maximum absolute atomic E-state index is 12.7. The number of carbonyl (C=O) groups excluding carboxylic acids is 2. The molecule has 0 aliphatic carbocycles. The van der Waals surface area contributed by atoms with E-state index in [1.165, 1.54) is 11.8 Å². The van der Waals surface area contributed by atoms with Crippen molar-refractivity contribution < 1.29 is 14.3 Å². The highest BCUT2D eigenvalue weighted by Gasteiger charge is 2.21. The topological polar surface area (TPSA) is 89.7 Å². The number of fused-ring (bicyclic) bond motifs is 1. The van der Waals surface area contributed by atoms with Gasteiger partial charge >= 0.3 is 5.97 Å². The van der Waals surface area contributed by atoms with Crippen LogP contribution in [0.4, 0.5) is 0 Å². The van der Waals surface area contributed by atoms with E-state index < -0.39 is 5.97 Å². The van der Waals surface area contributed by atoms with Crippen molar-refractivity contribution >= 4 is 29.4 Å². The predicted octanol–water partition coefficient (Wildman–Crippen LogP) is 2.99. The van der Waals surface area contributed by atoms with Gasteiger partial charge in [-0.3, -0.25) is 9.59 Å². The number of hydrogen-bond acceptors (Lipinski definition) is 7. The van der Waals surface area contributed by atoms with Gasteiger partial charge in [-0.15, -0.1) is 5.10 Å². The Morgan fingerprint density at radius 2 is 1.87 bits per heavy atom. The van der Waals surface area contributed by atoms with Crippen LogP contribution < -0.4 is 0 Å². The van der Waals surface area contributed by atoms with Gasteiger partial charge in [-0.1, -0.05) is 42.1 Å². The van der Waals surface area contributed by atoms with Crippen molar-refractivity contribution in [3.63, 3.8) is 0 Å². The SMILES string of the molecule is CSc1nc2nc(C)c(CC(=O)OCC(=O)N(Cc3ccccc3)C(C)C)c(C)n2n1. The van der Waals surface area contributed by atoms with Gasteiger partial charge in [0.1, 0.15) is 0 Å². The van der Waals surface area contributed by atoms with Gasteiger partial charge in [-0.2, -0.15) is 4.98 Å². The van der Waals surface area contributed by atoms with Crippen LogP contribution in [0.3, 0.4) is 0 Å². The van der Waals surface area contributed by atoms with E-state index >= 15 is 0 Å². The Bertz CT molecular complexity index is 1080. The standard InChI is InChI=1S/C22H27N5O3S/c1-14(2)26(12-17-9-7-6-8-10-17)19(28)13-30-20(29)11-18-15(3)23-21-24-22(31-5)25-27(21)16(18)4/h6-10,14H,11-13H2,1-5H3. The molecule has 0 radical (unpaired) electrons. The minimum atomic E-state index is -0.477. The number of amides is 1. The Morgan fingerprint density at radius 1 is 1.16 bits per heavy atom. The quantitative estimate of drug-likeness (QED) is 0.392. The minimum absolute atomic E-state index is 0.0135. The highest BCUT2D eigenvalue weighted by atomic mass is 32.2. The third kappa shape index (κ3) is 5.41. The van der Waals surface area contributed by atoms with E-state index in [4.69, 9.17) is 4.74 Å². The van der Waals surface area contributed by atoms with Crippen LogP contribution in [0.1, 0.15) is 36.4 Å². The maximum atomic E-state index is 12.7. The number of nitrogens with zero attached hydrogens (tertiary/aromatic N) is 5. The monoisotopic (exact) mass is 441 g/mol. The molecule has 164 valence electrons. The third-order valence-electron chi connectivity index (χ3n) is 5.03. The molecule has 0 fully saturated rings. The molecule has 0 bridgehead atoms. The molecule has 0 saturated heterocycles. The van der Waals surface area contributed by atoms with Crippen LogP contribution in [0.2, 0.25) is 0 Å². The lowest BCUT2D eigenvalue weighted by atomic mass is 10.1. The van der Waals surface area contributed by atoms with Crippen molar-refractivity contribution in [3.8, 4) is 0 Å². The van der Waals surface area contributed by atoms with Gasteiger partial charge in [0, 0.05) is 29.5 Å². The summed E-state index contributed by atoms with van der Waals surface area (Å²) in [4.78, 5) is 35.7. The first-order valence-corrected chi connectivity index (χ1v) is 11.3. The highest BCUT2D eigenvalue weighted by molar-refractivity contribution is 7.98. The molecule has 2 aromatic heterocycles. The molecule has 0 saturated carbocycles. The summed E-state index contributed by atoms with van der Waals surface area (Å²) in [6.07, 6.45) is 1.91. The average molecular weight is 442 g/mol. The Morgan fingerprint density at radius 3 is 2.52 bits per heavy atom. The molecule has 8 nitrogen and oxygen atoms in total. The molecule has 0 N–H and O–H groups in total. The Balaban J connectivity index is 1.65. The molecule has 2 heterocycles. The number of carbonyl (C=O) groups is 2. The smallest absolute Gasteiger partial charge is 0.310 e. The third-order valence-corrected chi connectivity index (χ3v) is 5.57. The van der Waals surface area contributed by atoms with Crippen molar-refractivity contribution in [1.82, 2.24) is 24.5 Å². The lowest BCUT2D eigenvalue weighted by Crippen LogP contribution is -2.39. The molecular weight excluding hydrogens is 414 g/mol. The number of aromatic nitrogens is 4. The second-order valence-electron chi connectivity index (χ2n) is 7.51. The second-order valence-corrected chi connectivity index (χ2v) is 8.28. The average Bonchev–Trinajstić information content (AvgIpc) is 3.17.